The van der Waals surface area contributed by atoms with Crippen LogP contribution >= 0.6 is 0 Å². The predicted molar refractivity (Wildman–Crippen MR) is 64.6 cm³/mol. The Labute approximate surface area is 111 Å². The van der Waals surface area contributed by atoms with Crippen LogP contribution in [0.3, 0.4) is 0 Å². The molecule has 9 heteroatoms. The van der Waals surface area contributed by atoms with Gasteiger partial charge < -0.3 is 14.6 Å². The fraction of sp³-hybridized carbons (Fsp3) is 0.0909. The molecule has 3 aromatic heterocycles. The summed E-state index contributed by atoms with van der Waals surface area (Å²) < 4.78 is 5.04. The number of hydrogen-bond acceptors (Lipinski definition) is 7. The van der Waals surface area contributed by atoms with Gasteiger partial charge in [0.2, 0.25) is 5.82 Å². The molecule has 0 aromatic carbocycles. The van der Waals surface area contributed by atoms with Gasteiger partial charge in [0, 0.05) is 6.20 Å². The van der Waals surface area contributed by atoms with Crippen molar-refractivity contribution < 1.29 is 14.4 Å². The van der Waals surface area contributed by atoms with Crippen LogP contribution in [0, 0.1) is 6.92 Å². The van der Waals surface area contributed by atoms with Crippen LogP contribution in [0.4, 0.5) is 0 Å². The molecule has 0 atom stereocenters. The van der Waals surface area contributed by atoms with E-state index >= 15 is 0 Å². The van der Waals surface area contributed by atoms with Crippen LogP contribution in [0.25, 0.3) is 23.1 Å². The fourth-order valence-electron chi connectivity index (χ4n) is 1.63. The first-order chi connectivity index (χ1) is 9.65. The van der Waals surface area contributed by atoms with Crippen molar-refractivity contribution in [1.82, 2.24) is 30.1 Å². The molecule has 0 radical (unpaired) electrons. The highest BCUT2D eigenvalue weighted by atomic mass is 16.5. The van der Waals surface area contributed by atoms with Crippen molar-refractivity contribution in [1.29, 1.82) is 0 Å². The van der Waals surface area contributed by atoms with Crippen LogP contribution in [0.2, 0.25) is 0 Å². The van der Waals surface area contributed by atoms with Gasteiger partial charge in [-0.2, -0.15) is 4.98 Å². The minimum Gasteiger partial charge on any atom is -0.476 e. The summed E-state index contributed by atoms with van der Waals surface area (Å²) in [4.78, 5) is 29.6. The molecule has 0 bridgehead atoms. The number of carboxylic acid groups (broad SMARTS) is 1. The zero-order chi connectivity index (χ0) is 14.1. The van der Waals surface area contributed by atoms with E-state index in [1.54, 1.807) is 19.2 Å². The highest BCUT2D eigenvalue weighted by Gasteiger charge is 2.20. The van der Waals surface area contributed by atoms with E-state index in [2.05, 4.69) is 30.1 Å². The van der Waals surface area contributed by atoms with Gasteiger partial charge in [-0.3, -0.25) is 0 Å². The number of aromatic nitrogens is 6. The maximum Gasteiger partial charge on any atom is 0.356 e. The lowest BCUT2D eigenvalue weighted by molar-refractivity contribution is 0.0691. The number of H-pyrrole nitrogens is 1. The van der Waals surface area contributed by atoms with Crippen molar-refractivity contribution in [3.8, 4) is 23.1 Å². The number of hydrogen-bond donors (Lipinski definition) is 2. The average Bonchev–Trinajstić information content (AvgIpc) is 3.07. The van der Waals surface area contributed by atoms with Gasteiger partial charge in [0.05, 0.1) is 6.33 Å². The van der Waals surface area contributed by atoms with Gasteiger partial charge in [-0.05, 0) is 13.0 Å². The van der Waals surface area contributed by atoms with Gasteiger partial charge in [-0.1, -0.05) is 5.16 Å². The molecule has 0 aliphatic heterocycles. The molecule has 0 unspecified atom stereocenters. The van der Waals surface area contributed by atoms with Gasteiger partial charge >= 0.3 is 5.97 Å². The summed E-state index contributed by atoms with van der Waals surface area (Å²) in [6.45, 7) is 1.74. The second kappa shape index (κ2) is 4.53. The Morgan fingerprint density at radius 1 is 1.35 bits per heavy atom. The van der Waals surface area contributed by atoms with Crippen LogP contribution in [0.1, 0.15) is 16.3 Å². The smallest absolute Gasteiger partial charge is 0.356 e. The van der Waals surface area contributed by atoms with Crippen molar-refractivity contribution >= 4 is 5.97 Å². The number of carbonyl (C=O) groups is 1. The topological polar surface area (TPSA) is 131 Å². The second-order valence-corrected chi connectivity index (χ2v) is 3.84. The number of imidazole rings is 1. The van der Waals surface area contributed by atoms with E-state index < -0.39 is 5.97 Å². The number of rotatable bonds is 3. The number of aromatic carboxylic acids is 1. The number of aromatic amines is 1. The van der Waals surface area contributed by atoms with Crippen LogP contribution in [0.15, 0.2) is 23.1 Å². The van der Waals surface area contributed by atoms with E-state index in [0.29, 0.717) is 11.5 Å². The molecule has 3 rings (SSSR count). The zero-order valence-corrected chi connectivity index (χ0v) is 10.2. The molecule has 0 aliphatic rings. The minimum absolute atomic E-state index is 0.0335. The normalized spacial score (nSPS) is 10.7. The fourth-order valence-corrected chi connectivity index (χ4v) is 1.63. The Morgan fingerprint density at radius 3 is 2.95 bits per heavy atom. The summed E-state index contributed by atoms with van der Waals surface area (Å²) in [7, 11) is 0. The average molecular weight is 272 g/mol. The molecule has 3 aromatic rings. The predicted octanol–water partition coefficient (Wildman–Crippen LogP) is 0.923. The molecule has 0 saturated carbocycles. The first-order valence-electron chi connectivity index (χ1n) is 5.56. The zero-order valence-electron chi connectivity index (χ0n) is 10.2. The lowest BCUT2D eigenvalue weighted by Crippen LogP contribution is -1.99. The summed E-state index contributed by atoms with van der Waals surface area (Å²) in [5.74, 6) is -0.330. The van der Waals surface area contributed by atoms with Crippen molar-refractivity contribution in [3.05, 3.63) is 30.1 Å². The van der Waals surface area contributed by atoms with Crippen LogP contribution in [-0.2, 0) is 0 Å². The van der Waals surface area contributed by atoms with Gasteiger partial charge in [0.15, 0.2) is 5.69 Å². The largest absolute Gasteiger partial charge is 0.476 e. The van der Waals surface area contributed by atoms with E-state index in [1.165, 1.54) is 6.33 Å². The summed E-state index contributed by atoms with van der Waals surface area (Å²) in [6, 6.07) is 1.63. The quantitative estimate of drug-likeness (QED) is 0.719. The second-order valence-electron chi connectivity index (χ2n) is 3.84. The van der Waals surface area contributed by atoms with Crippen molar-refractivity contribution in [2.75, 3.05) is 0 Å². The van der Waals surface area contributed by atoms with Crippen LogP contribution in [-0.4, -0.2) is 41.2 Å². The van der Waals surface area contributed by atoms with E-state index in [-0.39, 0.29) is 23.1 Å². The number of nitrogens with one attached hydrogen (secondary N) is 1. The first kappa shape index (κ1) is 12.0. The van der Waals surface area contributed by atoms with Crippen molar-refractivity contribution in [2.24, 2.45) is 0 Å². The maximum absolute atomic E-state index is 11.0. The SMILES string of the molecule is Cc1nccc(-c2noc(-c3[nH]cnc3C(=O)O)n2)n1. The molecule has 100 valence electrons. The molecule has 0 saturated heterocycles. The Kier molecular flexibility index (Phi) is 2.71. The van der Waals surface area contributed by atoms with Crippen LogP contribution < -0.4 is 0 Å². The third-order valence-electron chi connectivity index (χ3n) is 2.49. The molecule has 0 spiro atoms. The first-order valence-corrected chi connectivity index (χ1v) is 5.56. The van der Waals surface area contributed by atoms with Gasteiger partial charge in [-0.25, -0.2) is 19.7 Å². The Hall–Kier alpha value is -3.10. The van der Waals surface area contributed by atoms with E-state index in [4.69, 9.17) is 9.63 Å². The highest BCUT2D eigenvalue weighted by Crippen LogP contribution is 2.21. The number of nitrogens with zero attached hydrogens (tertiary/aromatic N) is 5. The third-order valence-corrected chi connectivity index (χ3v) is 2.49. The van der Waals surface area contributed by atoms with Gasteiger partial charge in [0.25, 0.3) is 5.89 Å². The molecule has 20 heavy (non-hydrogen) atoms. The summed E-state index contributed by atoms with van der Waals surface area (Å²) in [6.07, 6.45) is 2.82. The monoisotopic (exact) mass is 272 g/mol. The van der Waals surface area contributed by atoms with Gasteiger partial charge in [0.1, 0.15) is 17.2 Å². The molecule has 0 amide bonds. The molecule has 2 N–H and O–H groups in total. The van der Waals surface area contributed by atoms with E-state index in [0.717, 1.165) is 0 Å². The van der Waals surface area contributed by atoms with Crippen molar-refractivity contribution in [3.63, 3.8) is 0 Å². The lowest BCUT2D eigenvalue weighted by atomic mass is 10.3. The molecule has 9 nitrogen and oxygen atoms in total. The third kappa shape index (κ3) is 2.00. The standard InChI is InChI=1S/C11H8N6O3/c1-5-12-3-2-6(15-5)9-16-10(20-17-9)7-8(11(18)19)14-4-13-7/h2-4H,1H3,(H,13,14)(H,18,19). The summed E-state index contributed by atoms with van der Waals surface area (Å²) in [5.41, 5.74) is 0.463. The molecular formula is C11H8N6O3. The molecule has 0 fully saturated rings. The lowest BCUT2D eigenvalue weighted by Gasteiger charge is -1.93. The van der Waals surface area contributed by atoms with E-state index in [9.17, 15) is 4.79 Å². The van der Waals surface area contributed by atoms with Gasteiger partial charge in [-0.15, -0.1) is 0 Å². The summed E-state index contributed by atoms with van der Waals surface area (Å²) >= 11 is 0. The summed E-state index contributed by atoms with van der Waals surface area (Å²) in [5, 5.41) is 12.7. The maximum atomic E-state index is 11.0. The Bertz CT molecular complexity index is 778. The molecule has 3 heterocycles. The molecule has 0 aliphatic carbocycles. The Balaban J connectivity index is 2.02. The van der Waals surface area contributed by atoms with E-state index in [1.807, 2.05) is 0 Å². The number of aryl methyl sites for hydroxylation is 1. The molecular weight excluding hydrogens is 264 g/mol. The van der Waals surface area contributed by atoms with Crippen molar-refractivity contribution in [2.45, 2.75) is 6.92 Å². The Morgan fingerprint density at radius 2 is 2.20 bits per heavy atom. The highest BCUT2D eigenvalue weighted by molar-refractivity contribution is 5.91. The number of carboxylic acids is 1. The van der Waals surface area contributed by atoms with Crippen LogP contribution in [0.5, 0.6) is 0 Å². The minimum atomic E-state index is -1.18.